The fourth-order valence-electron chi connectivity index (χ4n) is 3.37. The Morgan fingerprint density at radius 2 is 1.92 bits per heavy atom. The van der Waals surface area contributed by atoms with E-state index in [9.17, 15) is 4.79 Å². The predicted octanol–water partition coefficient (Wildman–Crippen LogP) is 3.23. The van der Waals surface area contributed by atoms with Gasteiger partial charge in [-0.2, -0.15) is 0 Å². The van der Waals surface area contributed by atoms with Gasteiger partial charge in [0, 0.05) is 6.54 Å². The van der Waals surface area contributed by atoms with E-state index in [1.54, 1.807) is 6.26 Å². The summed E-state index contributed by atoms with van der Waals surface area (Å²) in [6, 6.07) is 9.91. The van der Waals surface area contributed by atoms with Gasteiger partial charge in [0.05, 0.1) is 12.3 Å². The number of hydrogen-bond acceptors (Lipinski definition) is 4. The molecule has 1 fully saturated rings. The molecule has 0 unspecified atom stereocenters. The summed E-state index contributed by atoms with van der Waals surface area (Å²) in [6.07, 6.45) is 4.08. The predicted molar refractivity (Wildman–Crippen MR) is 96.7 cm³/mol. The summed E-state index contributed by atoms with van der Waals surface area (Å²) in [7, 11) is 0. The molecule has 0 aliphatic carbocycles. The van der Waals surface area contributed by atoms with Gasteiger partial charge in [0.15, 0.2) is 6.61 Å². The Morgan fingerprint density at radius 3 is 2.56 bits per heavy atom. The first-order valence-electron chi connectivity index (χ1n) is 8.88. The third-order valence-corrected chi connectivity index (χ3v) is 4.70. The molecule has 0 bridgehead atoms. The second-order valence-electron chi connectivity index (χ2n) is 6.59. The number of nitrogens with zero attached hydrogens (tertiary/aromatic N) is 1. The lowest BCUT2D eigenvalue weighted by molar-refractivity contribution is -0.123. The SMILES string of the molecule is Cc1cccc(C)c1OCC(=O)NC[C@H](c1ccco1)N1CCCC1. The highest BCUT2D eigenvalue weighted by molar-refractivity contribution is 5.77. The third kappa shape index (κ3) is 4.42. The molecule has 134 valence electrons. The Morgan fingerprint density at radius 1 is 1.20 bits per heavy atom. The minimum Gasteiger partial charge on any atom is -0.483 e. The number of hydrogen-bond donors (Lipinski definition) is 1. The Bertz CT molecular complexity index is 671. The Kier molecular flexibility index (Phi) is 5.76. The lowest BCUT2D eigenvalue weighted by atomic mass is 10.1. The van der Waals surface area contributed by atoms with Gasteiger partial charge in [0.2, 0.25) is 0 Å². The highest BCUT2D eigenvalue weighted by atomic mass is 16.5. The van der Waals surface area contributed by atoms with Crippen molar-refractivity contribution in [3.63, 3.8) is 0 Å². The van der Waals surface area contributed by atoms with Crippen LogP contribution in [0.15, 0.2) is 41.0 Å². The van der Waals surface area contributed by atoms with Crippen LogP contribution in [0.5, 0.6) is 5.75 Å². The number of benzene rings is 1. The smallest absolute Gasteiger partial charge is 0.258 e. The zero-order valence-electron chi connectivity index (χ0n) is 15.0. The van der Waals surface area contributed by atoms with Gasteiger partial charge < -0.3 is 14.5 Å². The highest BCUT2D eigenvalue weighted by Crippen LogP contribution is 2.25. The molecule has 1 atom stereocenters. The number of rotatable bonds is 7. The van der Waals surface area contributed by atoms with Crippen molar-refractivity contribution in [1.82, 2.24) is 10.2 Å². The number of ether oxygens (including phenoxy) is 1. The van der Waals surface area contributed by atoms with Gasteiger partial charge in [-0.15, -0.1) is 0 Å². The standard InChI is InChI=1S/C20H26N2O3/c1-15-7-5-8-16(2)20(15)25-14-19(23)21-13-17(18-9-6-12-24-18)22-10-3-4-11-22/h5-9,12,17H,3-4,10-11,13-14H2,1-2H3,(H,21,23)/t17-/m1/s1. The van der Waals surface area contributed by atoms with E-state index in [1.165, 1.54) is 12.8 Å². The molecule has 1 saturated heterocycles. The molecule has 0 radical (unpaired) electrons. The Labute approximate surface area is 149 Å². The van der Waals surface area contributed by atoms with Crippen molar-refractivity contribution >= 4 is 5.91 Å². The number of amides is 1. The number of para-hydroxylation sites is 1. The van der Waals surface area contributed by atoms with E-state index in [0.29, 0.717) is 6.54 Å². The summed E-state index contributed by atoms with van der Waals surface area (Å²) in [5, 5.41) is 2.99. The normalized spacial score (nSPS) is 15.9. The molecule has 1 amide bonds. The summed E-state index contributed by atoms with van der Waals surface area (Å²) in [4.78, 5) is 14.6. The molecule has 25 heavy (non-hydrogen) atoms. The molecule has 1 aliphatic heterocycles. The van der Waals surface area contributed by atoms with Gasteiger partial charge in [0.25, 0.3) is 5.91 Å². The molecule has 2 heterocycles. The molecule has 2 aromatic rings. The summed E-state index contributed by atoms with van der Waals surface area (Å²) in [5.41, 5.74) is 2.08. The van der Waals surface area contributed by atoms with Crippen LogP contribution in [0.3, 0.4) is 0 Å². The molecule has 0 saturated carbocycles. The first-order valence-corrected chi connectivity index (χ1v) is 8.88. The minimum atomic E-state index is -0.113. The number of aryl methyl sites for hydroxylation is 2. The zero-order valence-corrected chi connectivity index (χ0v) is 15.0. The van der Waals surface area contributed by atoms with Crippen molar-refractivity contribution in [2.24, 2.45) is 0 Å². The molecule has 1 aliphatic rings. The van der Waals surface area contributed by atoms with Crippen LogP contribution in [0.4, 0.5) is 0 Å². The van der Waals surface area contributed by atoms with Crippen LogP contribution in [-0.4, -0.2) is 37.0 Å². The van der Waals surface area contributed by atoms with Crippen LogP contribution in [0.25, 0.3) is 0 Å². The van der Waals surface area contributed by atoms with Gasteiger partial charge >= 0.3 is 0 Å². The number of likely N-dealkylation sites (tertiary alicyclic amines) is 1. The fourth-order valence-corrected chi connectivity index (χ4v) is 3.37. The minimum absolute atomic E-state index is 0.0244. The van der Waals surface area contributed by atoms with Crippen LogP contribution < -0.4 is 10.1 Å². The number of furan rings is 1. The molecule has 0 spiro atoms. The molecule has 3 rings (SSSR count). The van der Waals surface area contributed by atoms with Gasteiger partial charge in [-0.25, -0.2) is 0 Å². The van der Waals surface area contributed by atoms with Crippen molar-refractivity contribution in [2.75, 3.05) is 26.2 Å². The Balaban J connectivity index is 1.55. The van der Waals surface area contributed by atoms with Crippen LogP contribution in [0.1, 0.15) is 35.8 Å². The van der Waals surface area contributed by atoms with Crippen molar-refractivity contribution in [3.8, 4) is 5.75 Å². The molecule has 1 aromatic heterocycles. The summed E-state index contributed by atoms with van der Waals surface area (Å²) < 4.78 is 11.3. The molecular weight excluding hydrogens is 316 g/mol. The average Bonchev–Trinajstić information content (AvgIpc) is 3.29. The molecule has 5 heteroatoms. The van der Waals surface area contributed by atoms with Crippen molar-refractivity contribution in [1.29, 1.82) is 0 Å². The van der Waals surface area contributed by atoms with Gasteiger partial charge in [0.1, 0.15) is 11.5 Å². The maximum Gasteiger partial charge on any atom is 0.258 e. The summed E-state index contributed by atoms with van der Waals surface area (Å²) in [5.74, 6) is 1.58. The lowest BCUT2D eigenvalue weighted by Gasteiger charge is -2.26. The first kappa shape index (κ1) is 17.5. The molecular formula is C20H26N2O3. The van der Waals surface area contributed by atoms with Crippen molar-refractivity contribution in [3.05, 3.63) is 53.5 Å². The van der Waals surface area contributed by atoms with E-state index in [-0.39, 0.29) is 18.6 Å². The van der Waals surface area contributed by atoms with Crippen LogP contribution in [0, 0.1) is 13.8 Å². The average molecular weight is 342 g/mol. The van der Waals surface area contributed by atoms with E-state index in [2.05, 4.69) is 10.2 Å². The van der Waals surface area contributed by atoms with E-state index in [0.717, 1.165) is 35.7 Å². The second kappa shape index (κ2) is 8.21. The first-order chi connectivity index (χ1) is 12.1. The van der Waals surface area contributed by atoms with E-state index in [1.807, 2.05) is 44.2 Å². The van der Waals surface area contributed by atoms with E-state index >= 15 is 0 Å². The van der Waals surface area contributed by atoms with Crippen LogP contribution in [-0.2, 0) is 4.79 Å². The van der Waals surface area contributed by atoms with Gasteiger partial charge in [-0.1, -0.05) is 18.2 Å². The van der Waals surface area contributed by atoms with E-state index in [4.69, 9.17) is 9.15 Å². The maximum atomic E-state index is 12.2. The largest absolute Gasteiger partial charge is 0.483 e. The van der Waals surface area contributed by atoms with Crippen LogP contribution in [0.2, 0.25) is 0 Å². The molecule has 1 aromatic carbocycles. The Hall–Kier alpha value is -2.27. The number of nitrogens with one attached hydrogen (secondary N) is 1. The highest BCUT2D eigenvalue weighted by Gasteiger charge is 2.25. The molecule has 5 nitrogen and oxygen atoms in total. The summed E-state index contributed by atoms with van der Waals surface area (Å²) >= 11 is 0. The quantitative estimate of drug-likeness (QED) is 0.839. The third-order valence-electron chi connectivity index (χ3n) is 4.70. The van der Waals surface area contributed by atoms with Gasteiger partial charge in [-0.3, -0.25) is 9.69 Å². The monoisotopic (exact) mass is 342 g/mol. The fraction of sp³-hybridized carbons (Fsp3) is 0.450. The van der Waals surface area contributed by atoms with Crippen molar-refractivity contribution in [2.45, 2.75) is 32.7 Å². The topological polar surface area (TPSA) is 54.7 Å². The number of carbonyl (C=O) groups is 1. The van der Waals surface area contributed by atoms with Gasteiger partial charge in [-0.05, 0) is 63.0 Å². The van der Waals surface area contributed by atoms with Crippen LogP contribution >= 0.6 is 0 Å². The summed E-state index contributed by atoms with van der Waals surface area (Å²) in [6.45, 7) is 6.61. The van der Waals surface area contributed by atoms with E-state index < -0.39 is 0 Å². The second-order valence-corrected chi connectivity index (χ2v) is 6.59. The van der Waals surface area contributed by atoms with Crippen molar-refractivity contribution < 1.29 is 13.9 Å². The lowest BCUT2D eigenvalue weighted by Crippen LogP contribution is -2.38. The zero-order chi connectivity index (χ0) is 17.6. The maximum absolute atomic E-state index is 12.2. The number of carbonyl (C=O) groups excluding carboxylic acids is 1. The molecule has 1 N–H and O–H groups in total.